The molecule has 2 aliphatic rings. The lowest BCUT2D eigenvalue weighted by Gasteiger charge is -2.17. The van der Waals surface area contributed by atoms with Gasteiger partial charge in [0.25, 0.3) is 11.8 Å². The number of carbonyl (C=O) groups excluding carboxylic acids is 3. The quantitative estimate of drug-likeness (QED) is 0.328. The molecular weight excluding hydrogens is 518 g/mol. The second-order valence-electron chi connectivity index (χ2n) is 8.86. The number of nitrogens with zero attached hydrogens (tertiary/aromatic N) is 2. The minimum atomic E-state index is -0.399. The molecule has 0 unspecified atom stereocenters. The van der Waals surface area contributed by atoms with E-state index in [0.29, 0.717) is 40.2 Å². The van der Waals surface area contributed by atoms with E-state index in [1.54, 1.807) is 42.5 Å². The number of amides is 3. The van der Waals surface area contributed by atoms with Gasteiger partial charge in [0.2, 0.25) is 5.91 Å². The van der Waals surface area contributed by atoms with Crippen LogP contribution >= 0.6 is 24.0 Å². The summed E-state index contributed by atoms with van der Waals surface area (Å²) in [6.07, 6.45) is 0. The van der Waals surface area contributed by atoms with Crippen molar-refractivity contribution in [3.8, 4) is 5.75 Å². The van der Waals surface area contributed by atoms with E-state index in [1.807, 2.05) is 44.2 Å². The Balaban J connectivity index is 1.38. The summed E-state index contributed by atoms with van der Waals surface area (Å²) in [4.78, 5) is 43.2. The molecule has 1 fully saturated rings. The van der Waals surface area contributed by atoms with Crippen LogP contribution in [-0.2, 0) is 20.9 Å². The number of ether oxygens (including phenoxy) is 1. The Kier molecular flexibility index (Phi) is 7.31. The number of benzene rings is 3. The van der Waals surface area contributed by atoms with E-state index in [1.165, 1.54) is 9.80 Å². The third-order valence-corrected chi connectivity index (χ3v) is 7.66. The molecule has 3 amide bonds. The summed E-state index contributed by atoms with van der Waals surface area (Å²) in [6, 6.07) is 22.1. The molecule has 38 heavy (non-hydrogen) atoms. The van der Waals surface area contributed by atoms with Crippen molar-refractivity contribution in [2.45, 2.75) is 20.4 Å². The summed E-state index contributed by atoms with van der Waals surface area (Å²) in [5.74, 6) is -0.354. The summed E-state index contributed by atoms with van der Waals surface area (Å²) in [5, 5.41) is 2.82. The number of para-hydroxylation sites is 1. The molecule has 0 aliphatic carbocycles. The van der Waals surface area contributed by atoms with Crippen LogP contribution in [0.2, 0.25) is 0 Å². The fourth-order valence-corrected chi connectivity index (χ4v) is 5.69. The highest BCUT2D eigenvalue weighted by Crippen LogP contribution is 2.44. The van der Waals surface area contributed by atoms with E-state index in [2.05, 4.69) is 5.32 Å². The van der Waals surface area contributed by atoms with Crippen LogP contribution < -0.4 is 15.0 Å². The van der Waals surface area contributed by atoms with E-state index in [-0.39, 0.29) is 28.8 Å². The number of carbonyl (C=O) groups is 3. The first kappa shape index (κ1) is 25.7. The Morgan fingerprint density at radius 1 is 0.947 bits per heavy atom. The molecule has 3 aromatic rings. The monoisotopic (exact) mass is 543 g/mol. The summed E-state index contributed by atoms with van der Waals surface area (Å²) < 4.78 is 5.83. The highest BCUT2D eigenvalue weighted by molar-refractivity contribution is 8.26. The van der Waals surface area contributed by atoms with Gasteiger partial charge in [0.05, 0.1) is 29.3 Å². The van der Waals surface area contributed by atoms with E-state index in [4.69, 9.17) is 17.0 Å². The highest BCUT2D eigenvalue weighted by atomic mass is 32.2. The van der Waals surface area contributed by atoms with Crippen LogP contribution in [0.5, 0.6) is 5.75 Å². The standard InChI is InChI=1S/C29H25N3O4S2/c1-3-36-21-14-12-20(13-15-21)30-24(33)17-31-23-7-5-4-6-22(23)25(27(31)34)26-28(35)32(29(37)38-26)16-19-10-8-18(2)9-11-19/h4-15H,3,16-17H2,1-2H3,(H,30,33)/b26-25-. The third kappa shape index (κ3) is 5.07. The van der Waals surface area contributed by atoms with Crippen molar-refractivity contribution in [1.82, 2.24) is 4.90 Å². The van der Waals surface area contributed by atoms with Crippen LogP contribution in [0.1, 0.15) is 23.6 Å². The van der Waals surface area contributed by atoms with Gasteiger partial charge in [-0.05, 0) is 49.7 Å². The van der Waals surface area contributed by atoms with Crippen molar-refractivity contribution in [2.75, 3.05) is 23.4 Å². The fraction of sp³-hybridized carbons (Fsp3) is 0.172. The van der Waals surface area contributed by atoms with Crippen molar-refractivity contribution >= 4 is 63.0 Å². The van der Waals surface area contributed by atoms with Gasteiger partial charge >= 0.3 is 0 Å². The molecule has 7 nitrogen and oxygen atoms in total. The maximum atomic E-state index is 13.7. The van der Waals surface area contributed by atoms with Crippen LogP contribution in [0.3, 0.4) is 0 Å². The second-order valence-corrected chi connectivity index (χ2v) is 10.5. The molecule has 1 saturated heterocycles. The predicted octanol–water partition coefficient (Wildman–Crippen LogP) is 5.15. The molecule has 1 N–H and O–H groups in total. The molecule has 0 radical (unpaired) electrons. The van der Waals surface area contributed by atoms with E-state index in [0.717, 1.165) is 22.9 Å². The number of anilines is 2. The third-order valence-electron chi connectivity index (χ3n) is 6.21. The normalized spacial score (nSPS) is 16.7. The summed E-state index contributed by atoms with van der Waals surface area (Å²) in [6.45, 7) is 4.58. The zero-order valence-electron chi connectivity index (χ0n) is 20.9. The molecule has 5 rings (SSSR count). The van der Waals surface area contributed by atoms with Crippen LogP contribution in [0.4, 0.5) is 11.4 Å². The van der Waals surface area contributed by atoms with Crippen molar-refractivity contribution in [1.29, 1.82) is 0 Å². The van der Waals surface area contributed by atoms with Crippen LogP contribution in [0, 0.1) is 6.92 Å². The minimum Gasteiger partial charge on any atom is -0.494 e. The minimum absolute atomic E-state index is 0.198. The van der Waals surface area contributed by atoms with Crippen LogP contribution in [0.15, 0.2) is 77.7 Å². The van der Waals surface area contributed by atoms with Crippen molar-refractivity contribution < 1.29 is 19.1 Å². The van der Waals surface area contributed by atoms with Gasteiger partial charge < -0.3 is 10.1 Å². The molecule has 0 bridgehead atoms. The lowest BCUT2D eigenvalue weighted by molar-refractivity contribution is -0.122. The SMILES string of the molecule is CCOc1ccc(NC(=O)CN2C(=O)/C(=C3\SC(=S)N(Cc4ccc(C)cc4)C3=O)c3ccccc32)cc1. The van der Waals surface area contributed by atoms with E-state index < -0.39 is 5.91 Å². The van der Waals surface area contributed by atoms with E-state index in [9.17, 15) is 14.4 Å². The molecule has 0 aromatic heterocycles. The van der Waals surface area contributed by atoms with Gasteiger partial charge in [-0.25, -0.2) is 0 Å². The largest absolute Gasteiger partial charge is 0.494 e. The van der Waals surface area contributed by atoms with Gasteiger partial charge in [0.15, 0.2) is 0 Å². The summed E-state index contributed by atoms with van der Waals surface area (Å²) >= 11 is 6.65. The first-order valence-electron chi connectivity index (χ1n) is 12.1. The maximum Gasteiger partial charge on any atom is 0.267 e. The molecule has 2 heterocycles. The zero-order valence-corrected chi connectivity index (χ0v) is 22.5. The average Bonchev–Trinajstić information content (AvgIpc) is 3.33. The van der Waals surface area contributed by atoms with Gasteiger partial charge in [-0.2, -0.15) is 0 Å². The van der Waals surface area contributed by atoms with Gasteiger partial charge in [-0.1, -0.05) is 72.0 Å². The molecule has 192 valence electrons. The van der Waals surface area contributed by atoms with Gasteiger partial charge in [0, 0.05) is 11.3 Å². The predicted molar refractivity (Wildman–Crippen MR) is 154 cm³/mol. The number of aryl methyl sites for hydroxylation is 1. The first-order chi connectivity index (χ1) is 18.4. The number of thioether (sulfide) groups is 1. The molecule has 0 saturated carbocycles. The topological polar surface area (TPSA) is 79.0 Å². The summed E-state index contributed by atoms with van der Waals surface area (Å²) in [5.41, 5.74) is 4.14. The number of thiocarbonyl (C=S) groups is 1. The summed E-state index contributed by atoms with van der Waals surface area (Å²) in [7, 11) is 0. The average molecular weight is 544 g/mol. The van der Waals surface area contributed by atoms with Crippen molar-refractivity contribution in [2.24, 2.45) is 0 Å². The number of fused-ring (bicyclic) bond motifs is 1. The smallest absolute Gasteiger partial charge is 0.267 e. The van der Waals surface area contributed by atoms with E-state index >= 15 is 0 Å². The molecule has 9 heteroatoms. The van der Waals surface area contributed by atoms with Crippen LogP contribution in [-0.4, -0.2) is 40.1 Å². The van der Waals surface area contributed by atoms with Crippen molar-refractivity contribution in [3.63, 3.8) is 0 Å². The Hall–Kier alpha value is -3.95. The van der Waals surface area contributed by atoms with Crippen molar-refractivity contribution in [3.05, 3.63) is 94.4 Å². The Bertz CT molecular complexity index is 1470. The first-order valence-corrected chi connectivity index (χ1v) is 13.4. The van der Waals surface area contributed by atoms with Gasteiger partial charge in [-0.15, -0.1) is 0 Å². The second kappa shape index (κ2) is 10.8. The zero-order chi connectivity index (χ0) is 26.8. The van der Waals surface area contributed by atoms with Gasteiger partial charge in [0.1, 0.15) is 16.6 Å². The number of hydrogen-bond donors (Lipinski definition) is 1. The van der Waals surface area contributed by atoms with Gasteiger partial charge in [-0.3, -0.25) is 24.2 Å². The molecule has 0 spiro atoms. The Labute approximate surface area is 230 Å². The highest BCUT2D eigenvalue weighted by Gasteiger charge is 2.42. The number of rotatable bonds is 7. The molecule has 2 aliphatic heterocycles. The lowest BCUT2D eigenvalue weighted by atomic mass is 10.1. The lowest BCUT2D eigenvalue weighted by Crippen LogP contribution is -2.35. The van der Waals surface area contributed by atoms with Crippen LogP contribution in [0.25, 0.3) is 5.57 Å². The maximum absolute atomic E-state index is 13.7. The Morgan fingerprint density at radius 3 is 2.37 bits per heavy atom. The molecule has 0 atom stereocenters. The number of hydrogen-bond acceptors (Lipinski definition) is 6. The fourth-order valence-electron chi connectivity index (χ4n) is 4.36. The Morgan fingerprint density at radius 2 is 1.66 bits per heavy atom. The molecular formula is C29H25N3O4S2. The molecule has 3 aromatic carbocycles. The number of nitrogens with one attached hydrogen (secondary N) is 1.